The molecular formula is C23H22FN7O. The summed E-state index contributed by atoms with van der Waals surface area (Å²) in [4.78, 5) is 27.6. The molecule has 0 saturated carbocycles. The Morgan fingerprint density at radius 2 is 1.88 bits per heavy atom. The molecule has 8 nitrogen and oxygen atoms in total. The molecule has 0 atom stereocenters. The highest BCUT2D eigenvalue weighted by Crippen LogP contribution is 2.30. The van der Waals surface area contributed by atoms with Crippen LogP contribution in [0.4, 0.5) is 10.3 Å². The summed E-state index contributed by atoms with van der Waals surface area (Å²) in [5.41, 5.74) is 1.34. The van der Waals surface area contributed by atoms with E-state index < -0.39 is 5.82 Å². The first-order chi connectivity index (χ1) is 15.6. The van der Waals surface area contributed by atoms with Crippen molar-refractivity contribution in [2.24, 2.45) is 7.05 Å². The number of anilines is 1. The Kier molecular flexibility index (Phi) is 5.22. The summed E-state index contributed by atoms with van der Waals surface area (Å²) in [7, 11) is 1.69. The minimum Gasteiger partial charge on any atom is -0.342 e. The summed E-state index contributed by atoms with van der Waals surface area (Å²) in [5, 5.41) is 4.41. The van der Waals surface area contributed by atoms with Gasteiger partial charge in [0.2, 0.25) is 5.95 Å². The number of hydrogen-bond donors (Lipinski definition) is 0. The van der Waals surface area contributed by atoms with Crippen LogP contribution in [-0.4, -0.2) is 42.4 Å². The molecule has 0 spiro atoms. The van der Waals surface area contributed by atoms with Gasteiger partial charge in [0.25, 0.3) is 5.56 Å². The Balaban J connectivity index is 1.39. The van der Waals surface area contributed by atoms with Gasteiger partial charge in [-0.25, -0.2) is 19.0 Å². The van der Waals surface area contributed by atoms with E-state index in [1.54, 1.807) is 13.4 Å². The maximum atomic E-state index is 14.2. The second-order valence-electron chi connectivity index (χ2n) is 7.82. The van der Waals surface area contributed by atoms with E-state index in [1.807, 2.05) is 35.0 Å². The fourth-order valence-corrected chi connectivity index (χ4v) is 4.17. The number of pyridine rings is 1. The van der Waals surface area contributed by atoms with Crippen molar-refractivity contribution in [1.29, 1.82) is 0 Å². The lowest BCUT2D eigenvalue weighted by atomic mass is 9.96. The Bertz CT molecular complexity index is 1290. The Morgan fingerprint density at radius 3 is 2.62 bits per heavy atom. The molecule has 5 rings (SSSR count). The molecule has 1 aromatic carbocycles. The van der Waals surface area contributed by atoms with Crippen molar-refractivity contribution >= 4 is 5.95 Å². The van der Waals surface area contributed by atoms with Gasteiger partial charge in [-0.05, 0) is 31.0 Å². The third-order valence-electron chi connectivity index (χ3n) is 5.88. The van der Waals surface area contributed by atoms with Gasteiger partial charge in [0.15, 0.2) is 5.82 Å². The second-order valence-corrected chi connectivity index (χ2v) is 7.82. The fraction of sp³-hybridized carbons (Fsp3) is 0.261. The number of para-hydroxylation sites is 1. The minimum absolute atomic E-state index is 0.229. The van der Waals surface area contributed by atoms with Crippen LogP contribution in [0.25, 0.3) is 16.9 Å². The maximum absolute atomic E-state index is 14.2. The third-order valence-corrected chi connectivity index (χ3v) is 5.88. The van der Waals surface area contributed by atoms with Crippen LogP contribution in [0, 0.1) is 5.82 Å². The number of piperidine rings is 1. The van der Waals surface area contributed by atoms with Crippen molar-refractivity contribution in [2.45, 2.75) is 18.8 Å². The monoisotopic (exact) mass is 431 g/mol. The normalized spacial score (nSPS) is 14.6. The Morgan fingerprint density at radius 1 is 1.09 bits per heavy atom. The van der Waals surface area contributed by atoms with E-state index >= 15 is 0 Å². The molecule has 0 amide bonds. The Hall–Kier alpha value is -3.88. The number of benzene rings is 1. The predicted octanol–water partition coefficient (Wildman–Crippen LogP) is 2.95. The number of halogens is 1. The standard InChI is InChI=1S/C23H22FN7O/c1-29-21(32)13-20(18-7-10-25-14-19(18)24)28-23(29)30-11-8-16(9-12-30)22-26-15-27-31(22)17-5-3-2-4-6-17/h2-7,10,13-16H,8-9,11-12H2,1H3. The lowest BCUT2D eigenvalue weighted by molar-refractivity contribution is 0.468. The number of aromatic nitrogens is 6. The van der Waals surface area contributed by atoms with Gasteiger partial charge in [-0.1, -0.05) is 18.2 Å². The quantitative estimate of drug-likeness (QED) is 0.494. The zero-order valence-electron chi connectivity index (χ0n) is 17.6. The summed E-state index contributed by atoms with van der Waals surface area (Å²) < 4.78 is 17.6. The van der Waals surface area contributed by atoms with Crippen molar-refractivity contribution in [3.63, 3.8) is 0 Å². The molecule has 1 fully saturated rings. The second kappa shape index (κ2) is 8.33. The largest absolute Gasteiger partial charge is 0.342 e. The van der Waals surface area contributed by atoms with Gasteiger partial charge in [0.1, 0.15) is 12.2 Å². The summed E-state index contributed by atoms with van der Waals surface area (Å²) in [5.74, 6) is 1.21. The fourth-order valence-electron chi connectivity index (χ4n) is 4.17. The summed E-state index contributed by atoms with van der Waals surface area (Å²) in [6.07, 6.45) is 5.89. The first kappa shape index (κ1) is 20.0. The van der Waals surface area contributed by atoms with E-state index in [2.05, 4.69) is 25.0 Å². The molecule has 32 heavy (non-hydrogen) atoms. The highest BCUT2D eigenvalue weighted by atomic mass is 19.1. The third kappa shape index (κ3) is 3.66. The van der Waals surface area contributed by atoms with Gasteiger partial charge in [0, 0.05) is 43.9 Å². The van der Waals surface area contributed by atoms with E-state index in [9.17, 15) is 9.18 Å². The van der Waals surface area contributed by atoms with Crippen LogP contribution in [0.1, 0.15) is 24.6 Å². The average molecular weight is 431 g/mol. The first-order valence-corrected chi connectivity index (χ1v) is 10.5. The van der Waals surface area contributed by atoms with Crippen molar-refractivity contribution < 1.29 is 4.39 Å². The molecule has 162 valence electrons. The minimum atomic E-state index is -0.502. The molecule has 4 aromatic rings. The van der Waals surface area contributed by atoms with Gasteiger partial charge in [-0.3, -0.25) is 14.3 Å². The molecule has 1 aliphatic rings. The topological polar surface area (TPSA) is 81.7 Å². The van der Waals surface area contributed by atoms with Gasteiger partial charge < -0.3 is 4.90 Å². The predicted molar refractivity (Wildman–Crippen MR) is 118 cm³/mol. The van der Waals surface area contributed by atoms with Gasteiger partial charge in [-0.15, -0.1) is 0 Å². The lowest BCUT2D eigenvalue weighted by Crippen LogP contribution is -2.38. The van der Waals surface area contributed by atoms with Crippen LogP contribution < -0.4 is 10.5 Å². The summed E-state index contributed by atoms with van der Waals surface area (Å²) >= 11 is 0. The zero-order valence-corrected chi connectivity index (χ0v) is 17.6. The van der Waals surface area contributed by atoms with Crippen LogP contribution in [0.3, 0.4) is 0 Å². The highest BCUT2D eigenvalue weighted by molar-refractivity contribution is 5.60. The highest BCUT2D eigenvalue weighted by Gasteiger charge is 2.27. The van der Waals surface area contributed by atoms with Crippen molar-refractivity contribution in [3.05, 3.63) is 83.2 Å². The molecule has 0 aliphatic carbocycles. The summed E-state index contributed by atoms with van der Waals surface area (Å²) in [6, 6.07) is 12.8. The number of rotatable bonds is 4. The van der Waals surface area contributed by atoms with Gasteiger partial charge in [0.05, 0.1) is 17.6 Å². The van der Waals surface area contributed by atoms with Crippen LogP contribution >= 0.6 is 0 Å². The van der Waals surface area contributed by atoms with E-state index in [0.29, 0.717) is 24.7 Å². The van der Waals surface area contributed by atoms with E-state index in [1.165, 1.54) is 22.9 Å². The SMILES string of the molecule is Cn1c(N2CCC(c3ncnn3-c3ccccc3)CC2)nc(-c2ccncc2F)cc1=O. The molecule has 1 aliphatic heterocycles. The lowest BCUT2D eigenvalue weighted by Gasteiger charge is -2.33. The van der Waals surface area contributed by atoms with Gasteiger partial charge in [-0.2, -0.15) is 5.10 Å². The molecule has 0 N–H and O–H groups in total. The van der Waals surface area contributed by atoms with Crippen molar-refractivity contribution in [1.82, 2.24) is 29.3 Å². The average Bonchev–Trinajstić information content (AvgIpc) is 3.32. The van der Waals surface area contributed by atoms with E-state index in [0.717, 1.165) is 30.6 Å². The molecule has 0 radical (unpaired) electrons. The van der Waals surface area contributed by atoms with Crippen LogP contribution in [0.15, 0.2) is 66.0 Å². The maximum Gasteiger partial charge on any atom is 0.255 e. The molecular weight excluding hydrogens is 409 g/mol. The van der Waals surface area contributed by atoms with Crippen LogP contribution in [-0.2, 0) is 7.05 Å². The molecule has 9 heteroatoms. The first-order valence-electron chi connectivity index (χ1n) is 10.5. The molecule has 3 aromatic heterocycles. The smallest absolute Gasteiger partial charge is 0.255 e. The van der Waals surface area contributed by atoms with E-state index in [4.69, 9.17) is 0 Å². The van der Waals surface area contributed by atoms with Crippen molar-refractivity contribution in [3.8, 4) is 16.9 Å². The summed E-state index contributed by atoms with van der Waals surface area (Å²) in [6.45, 7) is 1.41. The Labute approximate surface area is 184 Å². The van der Waals surface area contributed by atoms with E-state index in [-0.39, 0.29) is 17.0 Å². The number of hydrogen-bond acceptors (Lipinski definition) is 6. The number of nitrogens with zero attached hydrogens (tertiary/aromatic N) is 7. The van der Waals surface area contributed by atoms with Crippen molar-refractivity contribution in [2.75, 3.05) is 18.0 Å². The van der Waals surface area contributed by atoms with Crippen LogP contribution in [0.5, 0.6) is 0 Å². The molecule has 1 saturated heterocycles. The molecule has 4 heterocycles. The molecule has 0 unspecified atom stereocenters. The molecule has 0 bridgehead atoms. The van der Waals surface area contributed by atoms with Crippen LogP contribution in [0.2, 0.25) is 0 Å². The van der Waals surface area contributed by atoms with Gasteiger partial charge >= 0.3 is 0 Å². The zero-order chi connectivity index (χ0) is 22.1.